The highest BCUT2D eigenvalue weighted by atomic mass is 35.5. The summed E-state index contributed by atoms with van der Waals surface area (Å²) in [7, 11) is 0. The Kier molecular flexibility index (Phi) is 5.29. The molecular weight excluding hydrogens is 401 g/mol. The van der Waals surface area contributed by atoms with Crippen LogP contribution in [0.15, 0.2) is 60.7 Å². The molecule has 3 aromatic carbocycles. The third-order valence-corrected chi connectivity index (χ3v) is 5.86. The third-order valence-electron chi connectivity index (χ3n) is 4.25. The highest BCUT2D eigenvalue weighted by Crippen LogP contribution is 2.27. The Balaban J connectivity index is 1.61. The molecule has 0 aliphatic carbocycles. The fraction of sp³-hybridized carbons (Fsp3) is 0.100. The molecule has 1 N–H and O–H groups in total. The van der Waals surface area contributed by atoms with Crippen LogP contribution in [0.4, 0.5) is 4.39 Å². The van der Waals surface area contributed by atoms with Crippen molar-refractivity contribution < 1.29 is 4.39 Å². The molecule has 0 atom stereocenters. The van der Waals surface area contributed by atoms with Gasteiger partial charge in [0, 0.05) is 16.2 Å². The maximum absolute atomic E-state index is 13.2. The first-order chi connectivity index (χ1) is 13.1. The van der Waals surface area contributed by atoms with E-state index in [-0.39, 0.29) is 5.82 Å². The minimum atomic E-state index is -0.328. The monoisotopic (exact) mass is 415 g/mol. The van der Waals surface area contributed by atoms with Crippen molar-refractivity contribution in [2.24, 2.45) is 0 Å². The molecule has 4 rings (SSSR count). The van der Waals surface area contributed by atoms with Crippen LogP contribution in [0.1, 0.15) is 11.4 Å². The van der Waals surface area contributed by atoms with Crippen LogP contribution in [0.2, 0.25) is 5.02 Å². The van der Waals surface area contributed by atoms with Crippen LogP contribution < -0.4 is 0 Å². The van der Waals surface area contributed by atoms with Gasteiger partial charge in [0.1, 0.15) is 11.6 Å². The van der Waals surface area contributed by atoms with Gasteiger partial charge >= 0.3 is 0 Å². The fourth-order valence-corrected chi connectivity index (χ4v) is 4.48. The Morgan fingerprint density at radius 2 is 1.89 bits per heavy atom. The first-order valence-corrected chi connectivity index (χ1v) is 10.2. The summed E-state index contributed by atoms with van der Waals surface area (Å²) in [6.45, 7) is 0. The molecule has 0 saturated carbocycles. The van der Waals surface area contributed by atoms with Gasteiger partial charge in [-0.3, -0.25) is 9.67 Å². The van der Waals surface area contributed by atoms with Gasteiger partial charge < -0.3 is 0 Å². The summed E-state index contributed by atoms with van der Waals surface area (Å²) >= 11 is 13.2. The van der Waals surface area contributed by atoms with Crippen molar-refractivity contribution in [3.05, 3.63) is 87.7 Å². The van der Waals surface area contributed by atoms with E-state index in [0.29, 0.717) is 21.3 Å². The number of nitrogens with zero attached hydrogens (tertiary/aromatic N) is 2. The fourth-order valence-electron chi connectivity index (χ4n) is 2.97. The Morgan fingerprint density at radius 3 is 2.74 bits per heavy atom. The van der Waals surface area contributed by atoms with E-state index < -0.39 is 0 Å². The summed E-state index contributed by atoms with van der Waals surface area (Å²) in [4.78, 5) is 0. The number of fused-ring (bicyclic) bond motifs is 1. The highest BCUT2D eigenvalue weighted by molar-refractivity contribution is 7.97. The smallest absolute Gasteiger partial charge is 0.199 e. The quantitative estimate of drug-likeness (QED) is 0.388. The number of H-pyrrole nitrogens is 1. The number of hydrogen-bond acceptors (Lipinski definition) is 3. The van der Waals surface area contributed by atoms with E-state index in [9.17, 15) is 4.39 Å². The SMILES string of the molecule is Fc1ccc(CSCc2n[nH]c(=S)n2-c2cccc3ccccc23)c(Cl)c1. The number of benzene rings is 3. The number of rotatable bonds is 5. The van der Waals surface area contributed by atoms with Crippen molar-refractivity contribution in [2.45, 2.75) is 11.5 Å². The Bertz CT molecular complexity index is 1160. The average molecular weight is 416 g/mol. The van der Waals surface area contributed by atoms with Gasteiger partial charge in [-0.05, 0) is 41.4 Å². The van der Waals surface area contributed by atoms with E-state index in [0.717, 1.165) is 27.8 Å². The largest absolute Gasteiger partial charge is 0.271 e. The van der Waals surface area contributed by atoms with E-state index in [1.54, 1.807) is 17.8 Å². The van der Waals surface area contributed by atoms with E-state index >= 15 is 0 Å². The van der Waals surface area contributed by atoms with Gasteiger partial charge in [-0.25, -0.2) is 4.39 Å². The van der Waals surface area contributed by atoms with E-state index in [1.807, 2.05) is 28.8 Å². The van der Waals surface area contributed by atoms with Crippen LogP contribution in [-0.4, -0.2) is 14.8 Å². The predicted octanol–water partition coefficient (Wildman–Crippen LogP) is 6.31. The van der Waals surface area contributed by atoms with Crippen molar-refractivity contribution in [2.75, 3.05) is 0 Å². The van der Waals surface area contributed by atoms with Gasteiger partial charge in [0.05, 0.1) is 11.4 Å². The van der Waals surface area contributed by atoms with Gasteiger partial charge in [0.25, 0.3) is 0 Å². The second-order valence-electron chi connectivity index (χ2n) is 6.01. The molecule has 27 heavy (non-hydrogen) atoms. The van der Waals surface area contributed by atoms with Gasteiger partial charge in [0.2, 0.25) is 0 Å². The van der Waals surface area contributed by atoms with Crippen LogP contribution in [0, 0.1) is 10.6 Å². The first-order valence-electron chi connectivity index (χ1n) is 8.29. The molecule has 0 aliphatic heterocycles. The minimum absolute atomic E-state index is 0.328. The summed E-state index contributed by atoms with van der Waals surface area (Å²) < 4.78 is 15.7. The lowest BCUT2D eigenvalue weighted by molar-refractivity contribution is 0.627. The van der Waals surface area contributed by atoms with Crippen molar-refractivity contribution in [1.29, 1.82) is 0 Å². The molecule has 0 amide bonds. The van der Waals surface area contributed by atoms with Gasteiger partial charge in [-0.2, -0.15) is 5.10 Å². The topological polar surface area (TPSA) is 33.6 Å². The lowest BCUT2D eigenvalue weighted by Crippen LogP contribution is -2.01. The molecule has 0 fully saturated rings. The van der Waals surface area contributed by atoms with Crippen molar-refractivity contribution in [3.8, 4) is 5.69 Å². The summed E-state index contributed by atoms with van der Waals surface area (Å²) in [6.07, 6.45) is 0. The number of aromatic nitrogens is 3. The van der Waals surface area contributed by atoms with E-state index in [2.05, 4.69) is 28.4 Å². The molecule has 0 bridgehead atoms. The lowest BCUT2D eigenvalue weighted by Gasteiger charge is -2.10. The molecule has 3 nitrogen and oxygen atoms in total. The molecule has 0 radical (unpaired) electrons. The summed E-state index contributed by atoms with van der Waals surface area (Å²) in [5.41, 5.74) is 1.90. The second-order valence-corrected chi connectivity index (χ2v) is 7.79. The second kappa shape index (κ2) is 7.84. The highest BCUT2D eigenvalue weighted by Gasteiger charge is 2.12. The van der Waals surface area contributed by atoms with Crippen molar-refractivity contribution in [3.63, 3.8) is 0 Å². The molecule has 1 heterocycles. The maximum Gasteiger partial charge on any atom is 0.199 e. The van der Waals surface area contributed by atoms with Crippen LogP contribution in [0.5, 0.6) is 0 Å². The van der Waals surface area contributed by atoms with Crippen LogP contribution in [0.3, 0.4) is 0 Å². The third kappa shape index (κ3) is 3.78. The van der Waals surface area contributed by atoms with Gasteiger partial charge in [-0.15, -0.1) is 11.8 Å². The van der Waals surface area contributed by atoms with Crippen molar-refractivity contribution >= 4 is 46.4 Å². The van der Waals surface area contributed by atoms with Crippen molar-refractivity contribution in [1.82, 2.24) is 14.8 Å². The lowest BCUT2D eigenvalue weighted by atomic mass is 10.1. The first kappa shape index (κ1) is 18.2. The number of thioether (sulfide) groups is 1. The molecule has 0 saturated heterocycles. The standard InChI is InChI=1S/C20H15ClFN3S2/c21-17-10-15(22)9-8-14(17)11-27-12-19-23-24-20(26)25(19)18-7-3-5-13-4-1-2-6-16(13)18/h1-10H,11-12H2,(H,24,26). The summed E-state index contributed by atoms with van der Waals surface area (Å²) in [6, 6.07) is 18.8. The average Bonchev–Trinajstić information content (AvgIpc) is 3.03. The number of nitrogens with one attached hydrogen (secondary N) is 1. The molecule has 136 valence electrons. The normalized spacial score (nSPS) is 11.2. The molecule has 7 heteroatoms. The number of hydrogen-bond donors (Lipinski definition) is 1. The van der Waals surface area contributed by atoms with Gasteiger partial charge in [0.15, 0.2) is 4.77 Å². The molecule has 0 aliphatic rings. The number of aromatic amines is 1. The zero-order valence-corrected chi connectivity index (χ0v) is 16.5. The van der Waals surface area contributed by atoms with Crippen LogP contribution in [0.25, 0.3) is 16.5 Å². The minimum Gasteiger partial charge on any atom is -0.271 e. The molecule has 0 unspecified atom stereocenters. The van der Waals surface area contributed by atoms with E-state index in [1.165, 1.54) is 12.1 Å². The Morgan fingerprint density at radius 1 is 1.07 bits per heavy atom. The van der Waals surface area contributed by atoms with E-state index in [4.69, 9.17) is 23.8 Å². The molecule has 0 spiro atoms. The summed E-state index contributed by atoms with van der Waals surface area (Å²) in [5, 5.41) is 10.00. The molecule has 4 aromatic rings. The Hall–Kier alpha value is -2.15. The predicted molar refractivity (Wildman–Crippen MR) is 113 cm³/mol. The van der Waals surface area contributed by atoms with Crippen LogP contribution >= 0.6 is 35.6 Å². The molecule has 1 aromatic heterocycles. The molecular formula is C20H15ClFN3S2. The summed E-state index contributed by atoms with van der Waals surface area (Å²) in [5.74, 6) is 1.81. The Labute approximate surface area is 170 Å². The zero-order chi connectivity index (χ0) is 18.8. The van der Waals surface area contributed by atoms with Crippen LogP contribution in [-0.2, 0) is 11.5 Å². The van der Waals surface area contributed by atoms with Gasteiger partial charge in [-0.1, -0.05) is 54.1 Å². The zero-order valence-electron chi connectivity index (χ0n) is 14.2. The maximum atomic E-state index is 13.2. The number of halogens is 2.